The predicted molar refractivity (Wildman–Crippen MR) is 96.3 cm³/mol. The molecule has 0 bridgehead atoms. The van der Waals surface area contributed by atoms with Crippen LogP contribution in [-0.2, 0) is 4.74 Å². The molecule has 5 nitrogen and oxygen atoms in total. The summed E-state index contributed by atoms with van der Waals surface area (Å²) in [4.78, 5) is 4.19. The van der Waals surface area contributed by atoms with Crippen molar-refractivity contribution in [1.29, 1.82) is 0 Å². The van der Waals surface area contributed by atoms with Gasteiger partial charge in [-0.1, -0.05) is 26.0 Å². The maximum absolute atomic E-state index is 5.70. The van der Waals surface area contributed by atoms with Crippen molar-refractivity contribution in [1.82, 2.24) is 10.6 Å². The number of nitrogens with zero attached hydrogens (tertiary/aromatic N) is 1. The van der Waals surface area contributed by atoms with Gasteiger partial charge in [-0.15, -0.1) is 0 Å². The van der Waals surface area contributed by atoms with Gasteiger partial charge in [0.15, 0.2) is 5.96 Å². The molecule has 0 aliphatic carbocycles. The molecular weight excluding hydrogens is 290 g/mol. The van der Waals surface area contributed by atoms with E-state index in [0.29, 0.717) is 19.1 Å². The number of rotatable bonds is 10. The topological polar surface area (TPSA) is 54.9 Å². The molecule has 0 amide bonds. The fourth-order valence-electron chi connectivity index (χ4n) is 1.96. The molecular formula is C18H31N3O2. The second kappa shape index (κ2) is 11.8. The first kappa shape index (κ1) is 19.3. The predicted octanol–water partition coefficient (Wildman–Crippen LogP) is 2.60. The molecule has 0 aromatic heterocycles. The Kier molecular flexibility index (Phi) is 9.87. The van der Waals surface area contributed by atoms with E-state index in [1.807, 2.05) is 18.2 Å². The Balaban J connectivity index is 2.07. The first-order valence-corrected chi connectivity index (χ1v) is 8.33. The molecule has 1 aromatic carbocycles. The van der Waals surface area contributed by atoms with E-state index in [9.17, 15) is 0 Å². The minimum Gasteiger partial charge on any atom is -0.492 e. The van der Waals surface area contributed by atoms with Gasteiger partial charge >= 0.3 is 0 Å². The molecule has 23 heavy (non-hydrogen) atoms. The van der Waals surface area contributed by atoms with Gasteiger partial charge in [0.2, 0.25) is 0 Å². The summed E-state index contributed by atoms with van der Waals surface area (Å²) in [5, 5.41) is 6.51. The van der Waals surface area contributed by atoms with E-state index in [1.54, 1.807) is 7.05 Å². The first-order valence-electron chi connectivity index (χ1n) is 8.33. The maximum atomic E-state index is 5.70. The van der Waals surface area contributed by atoms with Crippen molar-refractivity contribution in [2.24, 2.45) is 10.9 Å². The number of aliphatic imine (C=N–C) groups is 1. The van der Waals surface area contributed by atoms with Crippen LogP contribution in [0, 0.1) is 12.8 Å². The van der Waals surface area contributed by atoms with Crippen LogP contribution < -0.4 is 15.4 Å². The number of ether oxygens (including phenoxy) is 2. The van der Waals surface area contributed by atoms with E-state index in [-0.39, 0.29) is 0 Å². The Morgan fingerprint density at radius 3 is 2.65 bits per heavy atom. The Labute approximate surface area is 140 Å². The third-order valence-corrected chi connectivity index (χ3v) is 3.09. The van der Waals surface area contributed by atoms with Crippen LogP contribution in [0.1, 0.15) is 25.8 Å². The summed E-state index contributed by atoms with van der Waals surface area (Å²) in [5.74, 6) is 2.28. The summed E-state index contributed by atoms with van der Waals surface area (Å²) >= 11 is 0. The molecule has 0 heterocycles. The van der Waals surface area contributed by atoms with Crippen molar-refractivity contribution in [3.05, 3.63) is 29.8 Å². The fraction of sp³-hybridized carbons (Fsp3) is 0.611. The zero-order valence-corrected chi connectivity index (χ0v) is 14.9. The quantitative estimate of drug-likeness (QED) is 0.395. The molecule has 2 N–H and O–H groups in total. The van der Waals surface area contributed by atoms with Crippen LogP contribution in [0.4, 0.5) is 0 Å². The van der Waals surface area contributed by atoms with Gasteiger partial charge < -0.3 is 20.1 Å². The lowest BCUT2D eigenvalue weighted by molar-refractivity contribution is 0.108. The number of nitrogens with one attached hydrogen (secondary N) is 2. The van der Waals surface area contributed by atoms with Crippen molar-refractivity contribution < 1.29 is 9.47 Å². The first-order chi connectivity index (χ1) is 11.1. The highest BCUT2D eigenvalue weighted by Gasteiger charge is 1.98. The van der Waals surface area contributed by atoms with Gasteiger partial charge in [-0.05, 0) is 37.0 Å². The summed E-state index contributed by atoms with van der Waals surface area (Å²) in [5.41, 5.74) is 1.20. The number of hydrogen-bond acceptors (Lipinski definition) is 3. The molecule has 0 fully saturated rings. The summed E-state index contributed by atoms with van der Waals surface area (Å²) in [6.45, 7) is 10.1. The lowest BCUT2D eigenvalue weighted by Crippen LogP contribution is -2.39. The lowest BCUT2D eigenvalue weighted by atomic mass is 10.2. The average Bonchev–Trinajstić information content (AvgIpc) is 2.52. The lowest BCUT2D eigenvalue weighted by Gasteiger charge is -2.13. The van der Waals surface area contributed by atoms with Crippen molar-refractivity contribution in [2.45, 2.75) is 27.2 Å². The van der Waals surface area contributed by atoms with E-state index in [0.717, 1.165) is 37.9 Å². The van der Waals surface area contributed by atoms with E-state index >= 15 is 0 Å². The van der Waals surface area contributed by atoms with E-state index in [4.69, 9.17) is 9.47 Å². The van der Waals surface area contributed by atoms with Crippen LogP contribution in [0.5, 0.6) is 5.75 Å². The minimum absolute atomic E-state index is 0.589. The monoisotopic (exact) mass is 321 g/mol. The van der Waals surface area contributed by atoms with Gasteiger partial charge in [-0.3, -0.25) is 4.99 Å². The second-order valence-corrected chi connectivity index (χ2v) is 5.91. The fourth-order valence-corrected chi connectivity index (χ4v) is 1.96. The SMILES string of the molecule is CN=C(NCCCOCC(C)C)NCCOc1cccc(C)c1. The molecule has 0 saturated heterocycles. The largest absolute Gasteiger partial charge is 0.492 e. The normalized spacial score (nSPS) is 11.6. The Morgan fingerprint density at radius 2 is 1.96 bits per heavy atom. The summed E-state index contributed by atoms with van der Waals surface area (Å²) in [6, 6.07) is 8.06. The molecule has 0 atom stereocenters. The summed E-state index contributed by atoms with van der Waals surface area (Å²) in [7, 11) is 1.77. The van der Waals surface area contributed by atoms with Gasteiger partial charge in [0.25, 0.3) is 0 Å². The van der Waals surface area contributed by atoms with Gasteiger partial charge in [-0.25, -0.2) is 0 Å². The van der Waals surface area contributed by atoms with Crippen LogP contribution >= 0.6 is 0 Å². The number of hydrogen-bond donors (Lipinski definition) is 2. The van der Waals surface area contributed by atoms with Crippen molar-refractivity contribution in [3.8, 4) is 5.75 Å². The Morgan fingerprint density at radius 1 is 1.17 bits per heavy atom. The Hall–Kier alpha value is -1.75. The van der Waals surface area contributed by atoms with Gasteiger partial charge in [0, 0.05) is 26.8 Å². The van der Waals surface area contributed by atoms with Crippen LogP contribution in [-0.4, -0.2) is 45.9 Å². The van der Waals surface area contributed by atoms with Crippen LogP contribution in [0.15, 0.2) is 29.3 Å². The summed E-state index contributed by atoms with van der Waals surface area (Å²) < 4.78 is 11.2. The van der Waals surface area contributed by atoms with E-state index in [1.165, 1.54) is 5.56 Å². The van der Waals surface area contributed by atoms with E-state index < -0.39 is 0 Å². The van der Waals surface area contributed by atoms with Crippen LogP contribution in [0.2, 0.25) is 0 Å². The smallest absolute Gasteiger partial charge is 0.191 e. The van der Waals surface area contributed by atoms with Gasteiger partial charge in [-0.2, -0.15) is 0 Å². The number of guanidine groups is 1. The Bertz CT molecular complexity index is 461. The molecule has 130 valence electrons. The molecule has 0 aliphatic heterocycles. The standard InChI is InChI=1S/C18H31N3O2/c1-15(2)14-22-11-6-9-20-18(19-4)21-10-12-23-17-8-5-7-16(3)13-17/h5,7-8,13,15H,6,9-12,14H2,1-4H3,(H2,19,20,21). The highest BCUT2D eigenvalue weighted by atomic mass is 16.5. The number of aryl methyl sites for hydroxylation is 1. The molecule has 0 radical (unpaired) electrons. The summed E-state index contributed by atoms with van der Waals surface area (Å²) in [6.07, 6.45) is 0.965. The van der Waals surface area contributed by atoms with Gasteiger partial charge in [0.05, 0.1) is 6.54 Å². The minimum atomic E-state index is 0.589. The second-order valence-electron chi connectivity index (χ2n) is 5.91. The number of benzene rings is 1. The molecule has 5 heteroatoms. The molecule has 0 unspecified atom stereocenters. The molecule has 0 spiro atoms. The third kappa shape index (κ3) is 9.79. The molecule has 1 aromatic rings. The molecule has 0 aliphatic rings. The molecule has 1 rings (SSSR count). The zero-order chi connectivity index (χ0) is 16.9. The highest BCUT2D eigenvalue weighted by molar-refractivity contribution is 5.79. The van der Waals surface area contributed by atoms with Crippen molar-refractivity contribution >= 4 is 5.96 Å². The van der Waals surface area contributed by atoms with Crippen molar-refractivity contribution in [2.75, 3.05) is 40.0 Å². The van der Waals surface area contributed by atoms with Crippen LogP contribution in [0.25, 0.3) is 0 Å². The third-order valence-electron chi connectivity index (χ3n) is 3.09. The van der Waals surface area contributed by atoms with Crippen molar-refractivity contribution in [3.63, 3.8) is 0 Å². The maximum Gasteiger partial charge on any atom is 0.191 e. The zero-order valence-electron chi connectivity index (χ0n) is 14.9. The van der Waals surface area contributed by atoms with Crippen LogP contribution in [0.3, 0.4) is 0 Å². The highest BCUT2D eigenvalue weighted by Crippen LogP contribution is 2.11. The van der Waals surface area contributed by atoms with Gasteiger partial charge in [0.1, 0.15) is 12.4 Å². The average molecular weight is 321 g/mol. The van der Waals surface area contributed by atoms with E-state index in [2.05, 4.69) is 42.5 Å². The molecule has 0 saturated carbocycles.